The molecule has 0 bridgehead atoms. The summed E-state index contributed by atoms with van der Waals surface area (Å²) in [6.07, 6.45) is 3.23. The van der Waals surface area contributed by atoms with E-state index in [1.807, 2.05) is 11.6 Å². The van der Waals surface area contributed by atoms with E-state index in [2.05, 4.69) is 58.2 Å². The number of likely N-dealkylation sites (N-methyl/N-ethyl adjacent to an activating group) is 1. The molecule has 0 spiro atoms. The molecule has 0 saturated carbocycles. The van der Waals surface area contributed by atoms with Crippen LogP contribution in [0.1, 0.15) is 43.7 Å². The smallest absolute Gasteiger partial charge is 0.223 e. The van der Waals surface area contributed by atoms with E-state index in [1.54, 1.807) is 0 Å². The van der Waals surface area contributed by atoms with E-state index in [9.17, 15) is 0 Å². The second-order valence-corrected chi connectivity index (χ2v) is 6.70. The first-order valence-electron chi connectivity index (χ1n) is 8.27. The normalized spacial score (nSPS) is 19.3. The van der Waals surface area contributed by atoms with Gasteiger partial charge in [-0.3, -0.25) is 14.5 Å². The van der Waals surface area contributed by atoms with Gasteiger partial charge in [0, 0.05) is 44.8 Å². The molecule has 7 heteroatoms. The summed E-state index contributed by atoms with van der Waals surface area (Å²) in [6.45, 7) is 9.94. The largest absolute Gasteiger partial charge is 0.340 e. The predicted octanol–water partition coefficient (Wildman–Crippen LogP) is 1.86. The Bertz CT molecular complexity index is 634. The van der Waals surface area contributed by atoms with Crippen molar-refractivity contribution < 1.29 is 4.52 Å². The number of hydrogen-bond donors (Lipinski definition) is 0. The molecule has 2 aromatic heterocycles. The van der Waals surface area contributed by atoms with Crippen LogP contribution in [0.5, 0.6) is 0 Å². The van der Waals surface area contributed by atoms with Crippen LogP contribution < -0.4 is 0 Å². The van der Waals surface area contributed by atoms with Crippen LogP contribution in [0.15, 0.2) is 16.8 Å². The summed E-state index contributed by atoms with van der Waals surface area (Å²) in [6, 6.07) is 3.07. The van der Waals surface area contributed by atoms with Crippen molar-refractivity contribution in [3.05, 3.63) is 29.7 Å². The summed E-state index contributed by atoms with van der Waals surface area (Å²) in [5.41, 5.74) is 1.15. The molecular formula is C16H26N6O. The van der Waals surface area contributed by atoms with Crippen LogP contribution in [0.25, 0.3) is 0 Å². The first kappa shape index (κ1) is 16.1. The highest BCUT2D eigenvalue weighted by atomic mass is 16.5. The topological polar surface area (TPSA) is 63.2 Å². The van der Waals surface area contributed by atoms with Gasteiger partial charge in [-0.2, -0.15) is 10.1 Å². The predicted molar refractivity (Wildman–Crippen MR) is 86.8 cm³/mol. The van der Waals surface area contributed by atoms with Gasteiger partial charge in [-0.1, -0.05) is 5.16 Å². The standard InChI is InChI=1S/C16H26N6O/c1-12(2)22-8-5-14(18-22)9-21-7-6-15(10-21)20(4)11-16-17-13(3)23-19-16/h5,8,12,15H,6-7,9-11H2,1-4H3/t15-/m0/s1. The SMILES string of the molecule is Cc1nc(CN(C)[C@H]2CCN(Cc3ccn(C(C)C)n3)C2)no1. The summed E-state index contributed by atoms with van der Waals surface area (Å²) in [4.78, 5) is 9.07. The molecule has 0 radical (unpaired) electrons. The Morgan fingerprint density at radius 2 is 2.26 bits per heavy atom. The highest BCUT2D eigenvalue weighted by molar-refractivity contribution is 5.00. The molecule has 1 aliphatic rings. The molecule has 3 heterocycles. The maximum absolute atomic E-state index is 5.04. The number of likely N-dealkylation sites (tertiary alicyclic amines) is 1. The quantitative estimate of drug-likeness (QED) is 0.810. The Labute approximate surface area is 137 Å². The molecular weight excluding hydrogens is 292 g/mol. The van der Waals surface area contributed by atoms with Gasteiger partial charge in [-0.25, -0.2) is 0 Å². The highest BCUT2D eigenvalue weighted by Gasteiger charge is 2.26. The molecule has 0 amide bonds. The van der Waals surface area contributed by atoms with Gasteiger partial charge in [-0.05, 0) is 33.4 Å². The highest BCUT2D eigenvalue weighted by Crippen LogP contribution is 2.18. The van der Waals surface area contributed by atoms with Crippen LogP contribution in [-0.2, 0) is 13.1 Å². The Balaban J connectivity index is 1.51. The minimum Gasteiger partial charge on any atom is -0.340 e. The number of rotatable bonds is 6. The molecule has 7 nitrogen and oxygen atoms in total. The minimum atomic E-state index is 0.416. The average Bonchev–Trinajstić information content (AvgIpc) is 3.21. The Kier molecular flexibility index (Phi) is 4.77. The summed E-state index contributed by atoms with van der Waals surface area (Å²) in [7, 11) is 2.13. The van der Waals surface area contributed by atoms with Crippen molar-refractivity contribution in [2.75, 3.05) is 20.1 Å². The van der Waals surface area contributed by atoms with Crippen LogP contribution >= 0.6 is 0 Å². The third-order valence-electron chi connectivity index (χ3n) is 4.41. The lowest BCUT2D eigenvalue weighted by molar-refractivity contribution is 0.215. The molecule has 1 atom stereocenters. The van der Waals surface area contributed by atoms with Crippen LogP contribution in [0.4, 0.5) is 0 Å². The van der Waals surface area contributed by atoms with Crippen LogP contribution in [0, 0.1) is 6.92 Å². The van der Waals surface area contributed by atoms with Gasteiger partial charge in [0.2, 0.25) is 5.89 Å². The molecule has 0 N–H and O–H groups in total. The number of aryl methyl sites for hydroxylation is 1. The maximum Gasteiger partial charge on any atom is 0.223 e. The zero-order valence-electron chi connectivity index (χ0n) is 14.4. The molecule has 1 fully saturated rings. The first-order chi connectivity index (χ1) is 11.0. The van der Waals surface area contributed by atoms with E-state index >= 15 is 0 Å². The first-order valence-corrected chi connectivity index (χ1v) is 8.27. The second kappa shape index (κ2) is 6.80. The Hall–Kier alpha value is -1.73. The van der Waals surface area contributed by atoms with E-state index in [0.717, 1.165) is 44.1 Å². The fourth-order valence-corrected chi connectivity index (χ4v) is 3.05. The lowest BCUT2D eigenvalue weighted by Crippen LogP contribution is -2.34. The van der Waals surface area contributed by atoms with Crippen molar-refractivity contribution in [1.29, 1.82) is 0 Å². The number of nitrogens with zero attached hydrogens (tertiary/aromatic N) is 6. The second-order valence-electron chi connectivity index (χ2n) is 6.70. The van der Waals surface area contributed by atoms with Gasteiger partial charge in [0.05, 0.1) is 12.2 Å². The molecule has 2 aromatic rings. The molecule has 0 aliphatic carbocycles. The van der Waals surface area contributed by atoms with Crippen LogP contribution in [0.3, 0.4) is 0 Å². The van der Waals surface area contributed by atoms with E-state index < -0.39 is 0 Å². The van der Waals surface area contributed by atoms with Crippen LogP contribution in [-0.4, -0.2) is 55.9 Å². The third kappa shape index (κ3) is 3.97. The van der Waals surface area contributed by atoms with E-state index in [-0.39, 0.29) is 0 Å². The molecule has 1 aliphatic heterocycles. The van der Waals surface area contributed by atoms with Crippen molar-refractivity contribution in [1.82, 2.24) is 29.7 Å². The van der Waals surface area contributed by atoms with Gasteiger partial charge in [0.15, 0.2) is 5.82 Å². The molecule has 3 rings (SSSR count). The van der Waals surface area contributed by atoms with E-state index in [1.165, 1.54) is 0 Å². The van der Waals surface area contributed by atoms with Gasteiger partial charge in [0.1, 0.15) is 0 Å². The number of hydrogen-bond acceptors (Lipinski definition) is 6. The zero-order chi connectivity index (χ0) is 16.4. The summed E-state index contributed by atoms with van der Waals surface area (Å²) >= 11 is 0. The molecule has 0 aromatic carbocycles. The third-order valence-corrected chi connectivity index (χ3v) is 4.41. The van der Waals surface area contributed by atoms with E-state index in [0.29, 0.717) is 18.0 Å². The monoisotopic (exact) mass is 318 g/mol. The van der Waals surface area contributed by atoms with Crippen molar-refractivity contribution in [3.63, 3.8) is 0 Å². The Morgan fingerprint density at radius 3 is 2.91 bits per heavy atom. The fraction of sp³-hybridized carbons (Fsp3) is 0.688. The maximum atomic E-state index is 5.04. The molecule has 0 unspecified atom stereocenters. The number of aromatic nitrogens is 4. The van der Waals surface area contributed by atoms with Crippen molar-refractivity contribution in [2.24, 2.45) is 0 Å². The molecule has 23 heavy (non-hydrogen) atoms. The molecule has 126 valence electrons. The Morgan fingerprint density at radius 1 is 1.43 bits per heavy atom. The van der Waals surface area contributed by atoms with Gasteiger partial charge >= 0.3 is 0 Å². The minimum absolute atomic E-state index is 0.416. The van der Waals surface area contributed by atoms with Crippen LogP contribution in [0.2, 0.25) is 0 Å². The summed E-state index contributed by atoms with van der Waals surface area (Å²) in [5.74, 6) is 1.39. The van der Waals surface area contributed by atoms with Crippen molar-refractivity contribution >= 4 is 0 Å². The van der Waals surface area contributed by atoms with Gasteiger partial charge in [-0.15, -0.1) is 0 Å². The van der Waals surface area contributed by atoms with Crippen molar-refractivity contribution in [3.8, 4) is 0 Å². The molecule has 1 saturated heterocycles. The lowest BCUT2D eigenvalue weighted by atomic mass is 10.2. The summed E-state index contributed by atoms with van der Waals surface area (Å²) < 4.78 is 7.06. The fourth-order valence-electron chi connectivity index (χ4n) is 3.05. The average molecular weight is 318 g/mol. The lowest BCUT2D eigenvalue weighted by Gasteiger charge is -2.23. The van der Waals surface area contributed by atoms with Gasteiger partial charge in [0.25, 0.3) is 0 Å². The zero-order valence-corrected chi connectivity index (χ0v) is 14.4. The van der Waals surface area contributed by atoms with E-state index in [4.69, 9.17) is 4.52 Å². The van der Waals surface area contributed by atoms with Gasteiger partial charge < -0.3 is 4.52 Å². The van der Waals surface area contributed by atoms with Crippen molar-refractivity contribution in [2.45, 2.75) is 52.4 Å². The summed E-state index contributed by atoms with van der Waals surface area (Å²) in [5, 5.41) is 8.62.